The van der Waals surface area contributed by atoms with Crippen LogP contribution in [0.4, 0.5) is 8.78 Å². The first-order valence-electron chi connectivity index (χ1n) is 6.76. The standard InChI is InChI=1S/C15H19BF2O2/c1-14(2)15(3,11-7-10-13(17)18)20-16(19-14)12-8-5-4-6-9-12/h4-6,8-10H,7,11H2,1-3H3. The van der Waals surface area contributed by atoms with E-state index in [1.165, 1.54) is 0 Å². The molecule has 2 rings (SSSR count). The monoisotopic (exact) mass is 280 g/mol. The highest BCUT2D eigenvalue weighted by Crippen LogP contribution is 2.40. The molecule has 0 bridgehead atoms. The molecule has 0 spiro atoms. The van der Waals surface area contributed by atoms with Crippen LogP contribution in [-0.4, -0.2) is 18.3 Å². The molecule has 1 saturated heterocycles. The first-order valence-corrected chi connectivity index (χ1v) is 6.76. The Morgan fingerprint density at radius 1 is 1.15 bits per heavy atom. The van der Waals surface area contributed by atoms with Gasteiger partial charge in [0.2, 0.25) is 0 Å². The van der Waals surface area contributed by atoms with Gasteiger partial charge in [0.15, 0.2) is 0 Å². The molecular formula is C15H19BF2O2. The van der Waals surface area contributed by atoms with E-state index < -0.39 is 24.4 Å². The van der Waals surface area contributed by atoms with E-state index in [2.05, 4.69) is 0 Å². The van der Waals surface area contributed by atoms with Crippen LogP contribution >= 0.6 is 0 Å². The number of rotatable bonds is 4. The summed E-state index contributed by atoms with van der Waals surface area (Å²) in [5, 5.41) is 0. The van der Waals surface area contributed by atoms with E-state index in [4.69, 9.17) is 9.31 Å². The summed E-state index contributed by atoms with van der Waals surface area (Å²) in [6.45, 7) is 5.79. The second-order valence-electron chi connectivity index (χ2n) is 5.75. The highest BCUT2D eigenvalue weighted by atomic mass is 19.3. The Morgan fingerprint density at radius 2 is 1.80 bits per heavy atom. The fraction of sp³-hybridized carbons (Fsp3) is 0.467. The van der Waals surface area contributed by atoms with E-state index in [1.807, 2.05) is 51.1 Å². The van der Waals surface area contributed by atoms with Gasteiger partial charge in [-0.25, -0.2) is 0 Å². The van der Waals surface area contributed by atoms with Crippen LogP contribution in [0.25, 0.3) is 0 Å². The number of hydrogen-bond donors (Lipinski definition) is 0. The minimum atomic E-state index is -1.65. The van der Waals surface area contributed by atoms with E-state index >= 15 is 0 Å². The van der Waals surface area contributed by atoms with Gasteiger partial charge in [0.05, 0.1) is 11.2 Å². The molecular weight excluding hydrogens is 261 g/mol. The van der Waals surface area contributed by atoms with E-state index in [1.54, 1.807) is 0 Å². The Kier molecular flexibility index (Phi) is 4.30. The van der Waals surface area contributed by atoms with Gasteiger partial charge in [-0.3, -0.25) is 0 Å². The van der Waals surface area contributed by atoms with Gasteiger partial charge in [-0.2, -0.15) is 8.78 Å². The third-order valence-electron chi connectivity index (χ3n) is 4.03. The molecule has 1 atom stereocenters. The predicted molar refractivity (Wildman–Crippen MR) is 76.0 cm³/mol. The molecule has 20 heavy (non-hydrogen) atoms. The minimum Gasteiger partial charge on any atom is -0.399 e. The van der Waals surface area contributed by atoms with Crippen molar-refractivity contribution in [3.8, 4) is 0 Å². The molecule has 1 aliphatic rings. The lowest BCUT2D eigenvalue weighted by atomic mass is 9.79. The van der Waals surface area contributed by atoms with Crippen molar-refractivity contribution in [1.29, 1.82) is 0 Å². The summed E-state index contributed by atoms with van der Waals surface area (Å²) in [5.74, 6) is 0. The molecule has 1 unspecified atom stereocenters. The molecule has 0 aromatic heterocycles. The minimum absolute atomic E-state index is 0.271. The lowest BCUT2D eigenvalue weighted by molar-refractivity contribution is -0.0149. The molecule has 108 valence electrons. The Balaban J connectivity index is 2.12. The van der Waals surface area contributed by atoms with Crippen molar-refractivity contribution in [2.45, 2.75) is 44.8 Å². The maximum atomic E-state index is 12.2. The molecule has 1 aromatic rings. The van der Waals surface area contributed by atoms with Crippen molar-refractivity contribution in [1.82, 2.24) is 0 Å². The lowest BCUT2D eigenvalue weighted by Gasteiger charge is -2.36. The van der Waals surface area contributed by atoms with Crippen LogP contribution in [0, 0.1) is 0 Å². The first-order chi connectivity index (χ1) is 9.34. The Labute approximate surface area is 118 Å². The summed E-state index contributed by atoms with van der Waals surface area (Å²) in [7, 11) is -0.449. The molecule has 1 aromatic carbocycles. The zero-order valence-electron chi connectivity index (χ0n) is 12.0. The third kappa shape index (κ3) is 3.10. The van der Waals surface area contributed by atoms with Crippen LogP contribution in [0.5, 0.6) is 0 Å². The molecule has 5 heteroatoms. The third-order valence-corrected chi connectivity index (χ3v) is 4.03. The van der Waals surface area contributed by atoms with Crippen molar-refractivity contribution in [2.75, 3.05) is 0 Å². The summed E-state index contributed by atoms with van der Waals surface area (Å²) < 4.78 is 36.3. The van der Waals surface area contributed by atoms with Crippen molar-refractivity contribution in [2.24, 2.45) is 0 Å². The summed E-state index contributed by atoms with van der Waals surface area (Å²) in [6.07, 6.45) is 0.0406. The van der Waals surface area contributed by atoms with Crippen molar-refractivity contribution in [3.05, 3.63) is 42.5 Å². The summed E-state index contributed by atoms with van der Waals surface area (Å²) in [5.41, 5.74) is -0.190. The molecule has 0 aliphatic carbocycles. The molecule has 0 radical (unpaired) electrons. The maximum Gasteiger partial charge on any atom is 0.494 e. The van der Waals surface area contributed by atoms with Crippen LogP contribution in [0.2, 0.25) is 0 Å². The summed E-state index contributed by atoms with van der Waals surface area (Å²) in [4.78, 5) is 0. The van der Waals surface area contributed by atoms with Crippen LogP contribution < -0.4 is 5.46 Å². The van der Waals surface area contributed by atoms with Gasteiger partial charge in [-0.15, -0.1) is 0 Å². The van der Waals surface area contributed by atoms with Gasteiger partial charge >= 0.3 is 7.12 Å². The van der Waals surface area contributed by atoms with Crippen LogP contribution in [-0.2, 0) is 9.31 Å². The predicted octanol–water partition coefficient (Wildman–Crippen LogP) is 3.53. The zero-order valence-corrected chi connectivity index (χ0v) is 12.0. The first kappa shape index (κ1) is 15.2. The largest absolute Gasteiger partial charge is 0.494 e. The number of benzene rings is 1. The number of hydrogen-bond acceptors (Lipinski definition) is 2. The Morgan fingerprint density at radius 3 is 2.40 bits per heavy atom. The molecule has 1 fully saturated rings. The smallest absolute Gasteiger partial charge is 0.399 e. The quantitative estimate of drug-likeness (QED) is 0.785. The van der Waals surface area contributed by atoms with Gasteiger partial charge in [0.25, 0.3) is 6.08 Å². The molecule has 0 saturated carbocycles. The van der Waals surface area contributed by atoms with Crippen LogP contribution in [0.15, 0.2) is 42.5 Å². The fourth-order valence-corrected chi connectivity index (χ4v) is 2.36. The van der Waals surface area contributed by atoms with Gasteiger partial charge in [0, 0.05) is 0 Å². The second kappa shape index (κ2) is 5.66. The molecule has 0 amide bonds. The lowest BCUT2D eigenvalue weighted by Crippen LogP contribution is -2.44. The normalized spacial score (nSPS) is 24.8. The highest BCUT2D eigenvalue weighted by molar-refractivity contribution is 6.62. The van der Waals surface area contributed by atoms with E-state index in [0.29, 0.717) is 6.42 Å². The second-order valence-corrected chi connectivity index (χ2v) is 5.75. The van der Waals surface area contributed by atoms with E-state index in [-0.39, 0.29) is 6.42 Å². The average Bonchev–Trinajstić information content (AvgIpc) is 2.61. The number of allylic oxidation sites excluding steroid dienone is 1. The van der Waals surface area contributed by atoms with E-state index in [9.17, 15) is 8.78 Å². The molecule has 2 nitrogen and oxygen atoms in total. The van der Waals surface area contributed by atoms with Gasteiger partial charge in [0.1, 0.15) is 0 Å². The van der Waals surface area contributed by atoms with Gasteiger partial charge in [-0.05, 0) is 45.2 Å². The average molecular weight is 280 g/mol. The zero-order chi connectivity index (χ0) is 14.8. The van der Waals surface area contributed by atoms with Crippen molar-refractivity contribution >= 4 is 12.6 Å². The van der Waals surface area contributed by atoms with Crippen LogP contribution in [0.3, 0.4) is 0 Å². The Hall–Kier alpha value is -1.20. The number of halogens is 2. The topological polar surface area (TPSA) is 18.5 Å². The molecule has 1 heterocycles. The van der Waals surface area contributed by atoms with Crippen molar-refractivity contribution < 1.29 is 18.1 Å². The van der Waals surface area contributed by atoms with Crippen LogP contribution in [0.1, 0.15) is 33.6 Å². The summed E-state index contributed by atoms with van der Waals surface area (Å²) >= 11 is 0. The highest BCUT2D eigenvalue weighted by Gasteiger charge is 2.53. The Bertz CT molecular complexity index is 486. The molecule has 1 aliphatic heterocycles. The van der Waals surface area contributed by atoms with Gasteiger partial charge < -0.3 is 9.31 Å². The van der Waals surface area contributed by atoms with Crippen molar-refractivity contribution in [3.63, 3.8) is 0 Å². The maximum absolute atomic E-state index is 12.2. The van der Waals surface area contributed by atoms with Gasteiger partial charge in [-0.1, -0.05) is 30.3 Å². The summed E-state index contributed by atoms with van der Waals surface area (Å²) in [6, 6.07) is 9.65. The van der Waals surface area contributed by atoms with E-state index in [0.717, 1.165) is 11.5 Å². The fourth-order valence-electron chi connectivity index (χ4n) is 2.36. The molecule has 0 N–H and O–H groups in total. The SMILES string of the molecule is CC1(C)OB(c2ccccc2)OC1(C)CCC=C(F)F.